The van der Waals surface area contributed by atoms with Crippen LogP contribution in [-0.2, 0) is 0 Å². The molecule has 0 radical (unpaired) electrons. The van der Waals surface area contributed by atoms with Crippen LogP contribution in [0.2, 0.25) is 5.02 Å². The van der Waals surface area contributed by atoms with Crippen molar-refractivity contribution >= 4 is 17.3 Å². The van der Waals surface area contributed by atoms with Gasteiger partial charge >= 0.3 is 0 Å². The first-order chi connectivity index (χ1) is 8.75. The van der Waals surface area contributed by atoms with Crippen molar-refractivity contribution in [3.8, 4) is 11.1 Å². The third-order valence-electron chi connectivity index (χ3n) is 3.67. The zero-order valence-corrected chi connectivity index (χ0v) is 10.8. The fourth-order valence-corrected chi connectivity index (χ4v) is 2.50. The molecule has 2 N–H and O–H groups in total. The van der Waals surface area contributed by atoms with Crippen LogP contribution in [0.15, 0.2) is 36.5 Å². The largest absolute Gasteiger partial charge is 0.397 e. The van der Waals surface area contributed by atoms with E-state index in [4.69, 9.17) is 17.3 Å². The average molecular weight is 259 g/mol. The molecule has 1 aromatic heterocycles. The molecule has 0 spiro atoms. The molecule has 2 nitrogen and oxygen atoms in total. The number of nitrogen functional groups attached to an aromatic ring is 1. The second kappa shape index (κ2) is 4.62. The third-order valence-corrected chi connectivity index (χ3v) is 3.92. The minimum atomic E-state index is 0.553. The molecule has 0 aliphatic heterocycles. The molecule has 18 heavy (non-hydrogen) atoms. The van der Waals surface area contributed by atoms with Gasteiger partial charge in [-0.3, -0.25) is 4.98 Å². The quantitative estimate of drug-likeness (QED) is 0.875. The summed E-state index contributed by atoms with van der Waals surface area (Å²) < 4.78 is 0. The molecule has 0 saturated heterocycles. The van der Waals surface area contributed by atoms with Crippen molar-refractivity contribution < 1.29 is 0 Å². The van der Waals surface area contributed by atoms with E-state index >= 15 is 0 Å². The van der Waals surface area contributed by atoms with Crippen LogP contribution in [0, 0.1) is 0 Å². The van der Waals surface area contributed by atoms with Gasteiger partial charge in [0.2, 0.25) is 0 Å². The van der Waals surface area contributed by atoms with Gasteiger partial charge in [0.15, 0.2) is 0 Å². The van der Waals surface area contributed by atoms with Gasteiger partial charge in [-0.15, -0.1) is 0 Å². The van der Waals surface area contributed by atoms with Crippen LogP contribution in [0.3, 0.4) is 0 Å². The van der Waals surface area contributed by atoms with E-state index < -0.39 is 0 Å². The number of hydrogen-bond acceptors (Lipinski definition) is 2. The Morgan fingerprint density at radius 1 is 1.11 bits per heavy atom. The molecule has 1 fully saturated rings. The van der Waals surface area contributed by atoms with Crippen molar-refractivity contribution in [3.63, 3.8) is 0 Å². The Morgan fingerprint density at radius 2 is 1.83 bits per heavy atom. The fourth-order valence-electron chi connectivity index (χ4n) is 2.38. The number of benzene rings is 1. The summed E-state index contributed by atoms with van der Waals surface area (Å²) in [6, 6.07) is 9.75. The number of anilines is 1. The standard InChI is InChI=1S/C15H15ClN2/c16-12-6-4-10(5-7-12)13-8-9-18-15(14(13)17)11-2-1-3-11/h4-9,11H,1-3,17H2. The molecule has 3 rings (SSSR count). The Morgan fingerprint density at radius 3 is 2.44 bits per heavy atom. The zero-order valence-electron chi connectivity index (χ0n) is 10.1. The van der Waals surface area contributed by atoms with Gasteiger partial charge in [0, 0.05) is 22.7 Å². The lowest BCUT2D eigenvalue weighted by Crippen LogP contribution is -2.13. The molecule has 1 heterocycles. The lowest BCUT2D eigenvalue weighted by Gasteiger charge is -2.26. The molecule has 2 aromatic rings. The topological polar surface area (TPSA) is 38.9 Å². The monoisotopic (exact) mass is 258 g/mol. The van der Waals surface area contributed by atoms with Gasteiger partial charge in [0.25, 0.3) is 0 Å². The summed E-state index contributed by atoms with van der Waals surface area (Å²) in [5, 5.41) is 0.741. The van der Waals surface area contributed by atoms with Crippen molar-refractivity contribution in [1.82, 2.24) is 4.98 Å². The molecule has 0 atom stereocenters. The second-order valence-electron chi connectivity index (χ2n) is 4.79. The highest BCUT2D eigenvalue weighted by molar-refractivity contribution is 6.30. The molecule has 1 aliphatic carbocycles. The molecular formula is C15H15ClN2. The molecule has 0 bridgehead atoms. The van der Waals surface area contributed by atoms with Gasteiger partial charge in [-0.2, -0.15) is 0 Å². The van der Waals surface area contributed by atoms with Crippen LogP contribution in [0.5, 0.6) is 0 Å². The Balaban J connectivity index is 2.03. The van der Waals surface area contributed by atoms with E-state index in [1.165, 1.54) is 19.3 Å². The second-order valence-corrected chi connectivity index (χ2v) is 5.23. The normalized spacial score (nSPS) is 15.4. The Bertz CT molecular complexity index is 559. The van der Waals surface area contributed by atoms with E-state index in [0.717, 1.165) is 27.5 Å². The lowest BCUT2D eigenvalue weighted by atomic mass is 9.81. The maximum Gasteiger partial charge on any atom is 0.0669 e. The molecule has 1 aliphatic rings. The van der Waals surface area contributed by atoms with Gasteiger partial charge in [-0.1, -0.05) is 30.2 Å². The summed E-state index contributed by atoms with van der Waals surface area (Å²) in [5.74, 6) is 0.553. The number of pyridine rings is 1. The van der Waals surface area contributed by atoms with Crippen LogP contribution < -0.4 is 5.73 Å². The predicted molar refractivity (Wildman–Crippen MR) is 75.7 cm³/mol. The molecule has 0 unspecified atom stereocenters. The minimum absolute atomic E-state index is 0.553. The Hall–Kier alpha value is -1.54. The average Bonchev–Trinajstić information content (AvgIpc) is 2.31. The molecule has 0 amide bonds. The van der Waals surface area contributed by atoms with Gasteiger partial charge in [0.1, 0.15) is 0 Å². The molecule has 92 valence electrons. The molecule has 1 saturated carbocycles. The number of nitrogens with two attached hydrogens (primary N) is 1. The smallest absolute Gasteiger partial charge is 0.0669 e. The Kier molecular flexibility index (Phi) is 2.96. The van der Waals surface area contributed by atoms with Crippen molar-refractivity contribution in [1.29, 1.82) is 0 Å². The van der Waals surface area contributed by atoms with E-state index in [2.05, 4.69) is 4.98 Å². The highest BCUT2D eigenvalue weighted by Crippen LogP contribution is 2.40. The number of hydrogen-bond donors (Lipinski definition) is 1. The number of rotatable bonds is 2. The lowest BCUT2D eigenvalue weighted by molar-refractivity contribution is 0.412. The maximum atomic E-state index is 6.27. The number of halogens is 1. The molecular weight excluding hydrogens is 244 g/mol. The SMILES string of the molecule is Nc1c(-c2ccc(Cl)cc2)ccnc1C1CCC1. The maximum absolute atomic E-state index is 6.27. The van der Waals surface area contributed by atoms with Gasteiger partial charge in [-0.25, -0.2) is 0 Å². The number of nitrogens with zero attached hydrogens (tertiary/aromatic N) is 1. The summed E-state index contributed by atoms with van der Waals surface area (Å²) in [5.41, 5.74) is 10.3. The van der Waals surface area contributed by atoms with E-state index in [1.54, 1.807) is 0 Å². The highest BCUT2D eigenvalue weighted by Gasteiger charge is 2.24. The summed E-state index contributed by atoms with van der Waals surface area (Å²) >= 11 is 5.91. The van der Waals surface area contributed by atoms with Crippen LogP contribution in [0.25, 0.3) is 11.1 Å². The van der Waals surface area contributed by atoms with Crippen molar-refractivity contribution in [3.05, 3.63) is 47.2 Å². The Labute approximate surface area is 112 Å². The van der Waals surface area contributed by atoms with Crippen molar-refractivity contribution in [2.24, 2.45) is 0 Å². The van der Waals surface area contributed by atoms with Crippen LogP contribution in [0.4, 0.5) is 5.69 Å². The fraction of sp³-hybridized carbons (Fsp3) is 0.267. The minimum Gasteiger partial charge on any atom is -0.397 e. The summed E-state index contributed by atoms with van der Waals surface area (Å²) in [4.78, 5) is 4.45. The molecule has 1 aromatic carbocycles. The predicted octanol–water partition coefficient (Wildman–Crippen LogP) is 4.25. The van der Waals surface area contributed by atoms with E-state index in [9.17, 15) is 0 Å². The number of aromatic nitrogens is 1. The summed E-state index contributed by atoms with van der Waals surface area (Å²) in [6.07, 6.45) is 5.56. The summed E-state index contributed by atoms with van der Waals surface area (Å²) in [6.45, 7) is 0. The van der Waals surface area contributed by atoms with Gasteiger partial charge in [0.05, 0.1) is 11.4 Å². The van der Waals surface area contributed by atoms with E-state index in [-0.39, 0.29) is 0 Å². The third kappa shape index (κ3) is 1.97. The van der Waals surface area contributed by atoms with E-state index in [0.29, 0.717) is 5.92 Å². The highest BCUT2D eigenvalue weighted by atomic mass is 35.5. The van der Waals surface area contributed by atoms with Crippen molar-refractivity contribution in [2.75, 3.05) is 5.73 Å². The first kappa shape index (κ1) is 11.5. The van der Waals surface area contributed by atoms with Crippen molar-refractivity contribution in [2.45, 2.75) is 25.2 Å². The first-order valence-electron chi connectivity index (χ1n) is 6.26. The first-order valence-corrected chi connectivity index (χ1v) is 6.64. The van der Waals surface area contributed by atoms with Crippen LogP contribution >= 0.6 is 11.6 Å². The van der Waals surface area contributed by atoms with Gasteiger partial charge < -0.3 is 5.73 Å². The zero-order chi connectivity index (χ0) is 12.5. The van der Waals surface area contributed by atoms with Crippen LogP contribution in [0.1, 0.15) is 30.9 Å². The van der Waals surface area contributed by atoms with Gasteiger partial charge in [-0.05, 0) is 36.6 Å². The van der Waals surface area contributed by atoms with E-state index in [1.807, 2.05) is 36.5 Å². The molecule has 3 heteroatoms. The van der Waals surface area contributed by atoms with Crippen LogP contribution in [-0.4, -0.2) is 4.98 Å². The summed E-state index contributed by atoms with van der Waals surface area (Å²) in [7, 11) is 0.